The van der Waals surface area contributed by atoms with E-state index in [1.54, 1.807) is 0 Å². The van der Waals surface area contributed by atoms with Gasteiger partial charge in [-0.25, -0.2) is 0 Å². The molecule has 2 heterocycles. The van der Waals surface area contributed by atoms with Crippen molar-refractivity contribution in [1.29, 1.82) is 0 Å². The highest BCUT2D eigenvalue weighted by Gasteiger charge is 2.59. The van der Waals surface area contributed by atoms with Gasteiger partial charge in [-0.2, -0.15) is 0 Å². The molecule has 10 heteroatoms. The average Bonchev–Trinajstić information content (AvgIpc) is 3.34. The molecule has 3 aliphatic carbocycles. The summed E-state index contributed by atoms with van der Waals surface area (Å²) >= 11 is 0. The summed E-state index contributed by atoms with van der Waals surface area (Å²) in [6.07, 6.45) is 8.82. The van der Waals surface area contributed by atoms with Crippen molar-refractivity contribution in [2.75, 3.05) is 79.2 Å². The van der Waals surface area contributed by atoms with Crippen molar-refractivity contribution in [2.45, 2.75) is 70.9 Å². The third-order valence-electron chi connectivity index (χ3n) is 10.8. The molecule has 4 fully saturated rings. The van der Waals surface area contributed by atoms with Gasteiger partial charge in [0.15, 0.2) is 0 Å². The molecule has 2 aliphatic heterocycles. The highest BCUT2D eigenvalue weighted by atomic mass is 16.6. The fourth-order valence-electron chi connectivity index (χ4n) is 8.46. The quantitative estimate of drug-likeness (QED) is 0.515. The zero-order valence-electron chi connectivity index (χ0n) is 25.7. The predicted octanol–water partition coefficient (Wildman–Crippen LogP) is 2.64. The third-order valence-corrected chi connectivity index (χ3v) is 10.8. The van der Waals surface area contributed by atoms with E-state index in [0.717, 1.165) is 44.1 Å². The van der Waals surface area contributed by atoms with E-state index >= 15 is 0 Å². The van der Waals surface area contributed by atoms with Gasteiger partial charge in [0.2, 0.25) is 11.8 Å². The highest BCUT2D eigenvalue weighted by molar-refractivity contribution is 5.95. The first-order valence-electron chi connectivity index (χ1n) is 16.2. The fraction of sp³-hybridized carbons (Fsp3) is 0.875. The van der Waals surface area contributed by atoms with Crippen LogP contribution in [0, 0.1) is 28.6 Å². The van der Waals surface area contributed by atoms with E-state index in [-0.39, 0.29) is 28.7 Å². The van der Waals surface area contributed by atoms with Gasteiger partial charge in [0.25, 0.3) is 0 Å². The van der Waals surface area contributed by atoms with Crippen molar-refractivity contribution in [2.24, 2.45) is 28.6 Å². The lowest BCUT2D eigenvalue weighted by molar-refractivity contribution is -0.136. The average molecular weight is 593 g/mol. The Kier molecular flexibility index (Phi) is 11.3. The Morgan fingerprint density at radius 3 is 2.19 bits per heavy atom. The first kappa shape index (κ1) is 31.9. The minimum atomic E-state index is -0.283. The number of carbonyl (C=O) groups is 2. The number of ether oxygens (including phenoxy) is 6. The second-order valence-electron chi connectivity index (χ2n) is 13.1. The maximum atomic E-state index is 13.6. The van der Waals surface area contributed by atoms with Gasteiger partial charge in [0, 0.05) is 30.0 Å². The zero-order chi connectivity index (χ0) is 29.4. The number of nitrogens with one attached hydrogen (secondary N) is 2. The number of allylic oxidation sites excluding steroid dienone is 1. The first-order chi connectivity index (χ1) is 20.4. The van der Waals surface area contributed by atoms with Crippen LogP contribution < -0.4 is 10.6 Å². The second-order valence-corrected chi connectivity index (χ2v) is 13.1. The van der Waals surface area contributed by atoms with E-state index in [9.17, 15) is 9.59 Å². The molecule has 2 unspecified atom stereocenters. The van der Waals surface area contributed by atoms with Crippen LogP contribution in [-0.4, -0.2) is 103 Å². The SMILES string of the molecule is C[C@]12CCC(=O)NC1CC[C@@H]1[C@@H]2CC[C@]2(C)C(C(=O)NCC3COCCOCCOCCOCCOCCO3)=CC[C@@H]12. The molecule has 0 aromatic carbocycles. The number of carbonyl (C=O) groups excluding carboxylic acids is 2. The van der Waals surface area contributed by atoms with Gasteiger partial charge in [-0.05, 0) is 61.7 Å². The third kappa shape index (κ3) is 7.38. The smallest absolute Gasteiger partial charge is 0.247 e. The van der Waals surface area contributed by atoms with Gasteiger partial charge in [-0.15, -0.1) is 0 Å². The summed E-state index contributed by atoms with van der Waals surface area (Å²) in [6, 6.07) is 0.297. The van der Waals surface area contributed by atoms with Crippen LogP contribution in [0.3, 0.4) is 0 Å². The first-order valence-corrected chi connectivity index (χ1v) is 16.2. The van der Waals surface area contributed by atoms with Crippen LogP contribution in [-0.2, 0) is 38.0 Å². The van der Waals surface area contributed by atoms with Gasteiger partial charge in [-0.3, -0.25) is 9.59 Å². The molecule has 7 atom stereocenters. The Morgan fingerprint density at radius 1 is 0.857 bits per heavy atom. The number of amides is 2. The number of rotatable bonds is 3. The Hall–Kier alpha value is -1.56. The molecule has 2 amide bonds. The molecule has 42 heavy (non-hydrogen) atoms. The molecule has 2 saturated carbocycles. The molecular formula is C32H52N2O8. The van der Waals surface area contributed by atoms with Crippen LogP contribution in [0.1, 0.15) is 58.8 Å². The molecule has 2 saturated heterocycles. The second kappa shape index (κ2) is 14.9. The van der Waals surface area contributed by atoms with Crippen LogP contribution in [0.25, 0.3) is 0 Å². The number of hydrogen-bond donors (Lipinski definition) is 2. The van der Waals surface area contributed by atoms with Crippen molar-refractivity contribution in [1.82, 2.24) is 10.6 Å². The Morgan fingerprint density at radius 2 is 1.50 bits per heavy atom. The van der Waals surface area contributed by atoms with Crippen molar-refractivity contribution in [3.05, 3.63) is 11.6 Å². The molecule has 5 rings (SSSR count). The van der Waals surface area contributed by atoms with E-state index < -0.39 is 0 Å². The summed E-state index contributed by atoms with van der Waals surface area (Å²) in [7, 11) is 0. The minimum Gasteiger partial charge on any atom is -0.377 e. The molecular weight excluding hydrogens is 540 g/mol. The van der Waals surface area contributed by atoms with Crippen molar-refractivity contribution < 1.29 is 38.0 Å². The summed E-state index contributed by atoms with van der Waals surface area (Å²) in [5.41, 5.74) is 0.993. The highest BCUT2D eigenvalue weighted by Crippen LogP contribution is 2.64. The van der Waals surface area contributed by atoms with Crippen molar-refractivity contribution >= 4 is 11.8 Å². The van der Waals surface area contributed by atoms with E-state index in [4.69, 9.17) is 28.4 Å². The molecule has 2 N–H and O–H groups in total. The molecule has 0 aromatic rings. The molecule has 10 nitrogen and oxygen atoms in total. The maximum Gasteiger partial charge on any atom is 0.247 e. The van der Waals surface area contributed by atoms with Crippen LogP contribution in [0.2, 0.25) is 0 Å². The lowest BCUT2D eigenvalue weighted by atomic mass is 9.47. The molecule has 0 spiro atoms. The summed E-state index contributed by atoms with van der Waals surface area (Å²) in [5.74, 6) is 1.91. The van der Waals surface area contributed by atoms with E-state index in [0.29, 0.717) is 109 Å². The molecule has 238 valence electrons. The number of fused-ring (bicyclic) bond motifs is 5. The molecule has 0 bridgehead atoms. The Bertz CT molecular complexity index is 927. The minimum absolute atomic E-state index is 0.0167. The predicted molar refractivity (Wildman–Crippen MR) is 156 cm³/mol. The van der Waals surface area contributed by atoms with Gasteiger partial charge >= 0.3 is 0 Å². The van der Waals surface area contributed by atoms with Crippen LogP contribution in [0.5, 0.6) is 0 Å². The van der Waals surface area contributed by atoms with Gasteiger partial charge in [0.1, 0.15) is 0 Å². The topological polar surface area (TPSA) is 114 Å². The van der Waals surface area contributed by atoms with Crippen molar-refractivity contribution in [3.8, 4) is 0 Å². The molecule has 5 aliphatic rings. The maximum absolute atomic E-state index is 13.6. The lowest BCUT2D eigenvalue weighted by Gasteiger charge is -2.59. The number of piperidine rings is 1. The Balaban J connectivity index is 1.13. The summed E-state index contributed by atoms with van der Waals surface area (Å²) in [6.45, 7) is 10.3. The summed E-state index contributed by atoms with van der Waals surface area (Å²) < 4.78 is 34.1. The summed E-state index contributed by atoms with van der Waals surface area (Å²) in [4.78, 5) is 25.7. The van der Waals surface area contributed by atoms with E-state index in [1.165, 1.54) is 0 Å². The zero-order valence-corrected chi connectivity index (χ0v) is 25.7. The Labute approximate surface area is 250 Å². The van der Waals surface area contributed by atoms with E-state index in [1.807, 2.05) is 0 Å². The number of hydrogen-bond acceptors (Lipinski definition) is 8. The summed E-state index contributed by atoms with van der Waals surface area (Å²) in [5, 5.41) is 6.49. The van der Waals surface area contributed by atoms with Crippen LogP contribution in [0.4, 0.5) is 0 Å². The van der Waals surface area contributed by atoms with Crippen LogP contribution in [0.15, 0.2) is 11.6 Å². The molecule has 0 radical (unpaired) electrons. The van der Waals surface area contributed by atoms with Gasteiger partial charge in [0.05, 0.1) is 78.8 Å². The standard InChI is InChI=1S/C32H52N2O8/c1-31-9-7-26-24(3-6-28-32(26,2)10-8-29(35)34-28)25(31)4-5-27(31)30(36)33-21-23-22-41-18-17-39-14-13-37-11-12-38-15-16-40-19-20-42-23/h5,23-26,28H,3-4,6-22H2,1-2H3,(H,33,36)(H,34,35)/t23?,24-,25-,26-,28?,31-,32+/m0/s1. The monoisotopic (exact) mass is 592 g/mol. The lowest BCUT2D eigenvalue weighted by Crippen LogP contribution is -2.61. The van der Waals surface area contributed by atoms with Crippen LogP contribution >= 0.6 is 0 Å². The normalized spacial score (nSPS) is 39.3. The molecule has 0 aromatic heterocycles. The largest absolute Gasteiger partial charge is 0.377 e. The fourth-order valence-corrected chi connectivity index (χ4v) is 8.46. The van der Waals surface area contributed by atoms with E-state index in [2.05, 4.69) is 30.6 Å². The van der Waals surface area contributed by atoms with Gasteiger partial charge < -0.3 is 39.1 Å². The van der Waals surface area contributed by atoms with Crippen molar-refractivity contribution in [3.63, 3.8) is 0 Å². The van der Waals surface area contributed by atoms with Gasteiger partial charge in [-0.1, -0.05) is 19.9 Å².